The zero-order valence-corrected chi connectivity index (χ0v) is 12.5. The highest BCUT2D eigenvalue weighted by Gasteiger charge is 2.13. The molecule has 0 aliphatic rings. The van der Waals surface area contributed by atoms with Crippen molar-refractivity contribution in [1.82, 2.24) is 4.90 Å². The van der Waals surface area contributed by atoms with E-state index in [4.69, 9.17) is 16.3 Å². The van der Waals surface area contributed by atoms with Crippen LogP contribution in [0.25, 0.3) is 0 Å². The molecule has 21 heavy (non-hydrogen) atoms. The molecule has 0 atom stereocenters. The van der Waals surface area contributed by atoms with Gasteiger partial charge in [0.2, 0.25) is 0 Å². The van der Waals surface area contributed by atoms with Gasteiger partial charge in [-0.3, -0.25) is 4.79 Å². The van der Waals surface area contributed by atoms with E-state index in [0.717, 1.165) is 0 Å². The lowest BCUT2D eigenvalue weighted by molar-refractivity contribution is 0.0785. The van der Waals surface area contributed by atoms with Gasteiger partial charge in [-0.25, -0.2) is 4.39 Å². The Morgan fingerprint density at radius 2 is 1.90 bits per heavy atom. The summed E-state index contributed by atoms with van der Waals surface area (Å²) in [4.78, 5) is 13.8. The third-order valence-electron chi connectivity index (χ3n) is 3.07. The maximum atomic E-state index is 13.6. The van der Waals surface area contributed by atoms with Crippen LogP contribution < -0.4 is 4.74 Å². The van der Waals surface area contributed by atoms with Crippen LogP contribution in [0.15, 0.2) is 42.5 Å². The van der Waals surface area contributed by atoms with E-state index in [-0.39, 0.29) is 11.7 Å². The van der Waals surface area contributed by atoms with Gasteiger partial charge in [0.05, 0.1) is 7.11 Å². The molecule has 0 unspecified atom stereocenters. The largest absolute Gasteiger partial charge is 0.494 e. The van der Waals surface area contributed by atoms with Gasteiger partial charge < -0.3 is 9.64 Å². The number of carbonyl (C=O) groups excluding carboxylic acids is 1. The Kier molecular flexibility index (Phi) is 4.81. The molecule has 5 heteroatoms. The van der Waals surface area contributed by atoms with Gasteiger partial charge in [-0.15, -0.1) is 0 Å². The van der Waals surface area contributed by atoms with Gasteiger partial charge in [0, 0.05) is 24.2 Å². The fourth-order valence-corrected chi connectivity index (χ4v) is 2.09. The van der Waals surface area contributed by atoms with Crippen LogP contribution in [0, 0.1) is 5.82 Å². The maximum absolute atomic E-state index is 13.6. The van der Waals surface area contributed by atoms with E-state index >= 15 is 0 Å². The Morgan fingerprint density at radius 3 is 2.48 bits per heavy atom. The van der Waals surface area contributed by atoms with Crippen molar-refractivity contribution in [3.8, 4) is 5.75 Å². The minimum Gasteiger partial charge on any atom is -0.494 e. The molecule has 2 rings (SSSR count). The fourth-order valence-electron chi connectivity index (χ4n) is 1.97. The van der Waals surface area contributed by atoms with Crippen LogP contribution in [0.3, 0.4) is 0 Å². The van der Waals surface area contributed by atoms with Crippen LogP contribution >= 0.6 is 11.6 Å². The second-order valence-electron chi connectivity index (χ2n) is 4.64. The molecule has 0 bridgehead atoms. The minimum absolute atomic E-state index is 0.150. The lowest BCUT2D eigenvalue weighted by atomic mass is 10.1. The number of hydrogen-bond donors (Lipinski definition) is 0. The van der Waals surface area contributed by atoms with Crippen LogP contribution in [-0.4, -0.2) is 25.0 Å². The van der Waals surface area contributed by atoms with Gasteiger partial charge in [0.25, 0.3) is 5.91 Å². The Labute approximate surface area is 127 Å². The molecule has 0 saturated carbocycles. The van der Waals surface area contributed by atoms with Crippen molar-refractivity contribution in [2.45, 2.75) is 6.54 Å². The van der Waals surface area contributed by atoms with Gasteiger partial charge in [0.15, 0.2) is 11.6 Å². The van der Waals surface area contributed by atoms with Crippen LogP contribution in [0.1, 0.15) is 15.9 Å². The zero-order chi connectivity index (χ0) is 15.4. The summed E-state index contributed by atoms with van der Waals surface area (Å²) in [6.45, 7) is 0.308. The predicted molar refractivity (Wildman–Crippen MR) is 80.2 cm³/mol. The second-order valence-corrected chi connectivity index (χ2v) is 5.07. The van der Waals surface area contributed by atoms with Gasteiger partial charge >= 0.3 is 0 Å². The highest BCUT2D eigenvalue weighted by atomic mass is 35.5. The third-order valence-corrected chi connectivity index (χ3v) is 3.33. The van der Waals surface area contributed by atoms with E-state index in [1.165, 1.54) is 18.1 Å². The standard InChI is InChI=1S/C16H15ClFNO2/c1-19(16(20)12-4-6-13(17)7-5-12)10-11-3-8-15(21-2)14(18)9-11/h3-9H,10H2,1-2H3. The first-order valence-corrected chi connectivity index (χ1v) is 6.72. The number of halogens is 2. The number of rotatable bonds is 4. The Balaban J connectivity index is 2.10. The summed E-state index contributed by atoms with van der Waals surface area (Å²) in [5.74, 6) is -0.407. The summed E-state index contributed by atoms with van der Waals surface area (Å²) in [5.41, 5.74) is 1.23. The normalized spacial score (nSPS) is 10.3. The molecule has 2 aromatic rings. The Morgan fingerprint density at radius 1 is 1.24 bits per heavy atom. The van der Waals surface area contributed by atoms with Crippen molar-refractivity contribution < 1.29 is 13.9 Å². The smallest absolute Gasteiger partial charge is 0.253 e. The van der Waals surface area contributed by atoms with E-state index in [1.807, 2.05) is 0 Å². The molecular weight excluding hydrogens is 293 g/mol. The number of ether oxygens (including phenoxy) is 1. The third kappa shape index (κ3) is 3.73. The molecule has 0 radical (unpaired) electrons. The molecule has 0 saturated heterocycles. The summed E-state index contributed by atoms with van der Waals surface area (Å²) < 4.78 is 18.5. The monoisotopic (exact) mass is 307 g/mol. The highest BCUT2D eigenvalue weighted by molar-refractivity contribution is 6.30. The molecule has 2 aromatic carbocycles. The minimum atomic E-state index is -0.442. The van der Waals surface area contributed by atoms with Gasteiger partial charge in [-0.1, -0.05) is 17.7 Å². The average Bonchev–Trinajstić information content (AvgIpc) is 2.47. The Hall–Kier alpha value is -2.07. The topological polar surface area (TPSA) is 29.5 Å². The van der Waals surface area contributed by atoms with E-state index < -0.39 is 5.82 Å². The molecule has 3 nitrogen and oxygen atoms in total. The molecule has 0 N–H and O–H groups in total. The number of benzene rings is 2. The molecule has 0 fully saturated rings. The molecule has 1 amide bonds. The van der Waals surface area contributed by atoms with Crippen molar-refractivity contribution in [2.24, 2.45) is 0 Å². The summed E-state index contributed by atoms with van der Waals surface area (Å²) in [5, 5.41) is 0.575. The first-order chi connectivity index (χ1) is 10.0. The lowest BCUT2D eigenvalue weighted by Gasteiger charge is -2.17. The number of hydrogen-bond acceptors (Lipinski definition) is 2. The number of nitrogens with zero attached hydrogens (tertiary/aromatic N) is 1. The highest BCUT2D eigenvalue weighted by Crippen LogP contribution is 2.19. The fraction of sp³-hybridized carbons (Fsp3) is 0.188. The first-order valence-electron chi connectivity index (χ1n) is 6.34. The number of amides is 1. The van der Waals surface area contributed by atoms with E-state index in [9.17, 15) is 9.18 Å². The quantitative estimate of drug-likeness (QED) is 0.860. The van der Waals surface area contributed by atoms with Gasteiger partial charge in [-0.2, -0.15) is 0 Å². The van der Waals surface area contributed by atoms with Crippen molar-refractivity contribution >= 4 is 17.5 Å². The van der Waals surface area contributed by atoms with Crippen molar-refractivity contribution in [3.05, 3.63) is 64.4 Å². The molecule has 0 spiro atoms. The van der Waals surface area contributed by atoms with Crippen LogP contribution in [-0.2, 0) is 6.54 Å². The summed E-state index contributed by atoms with van der Waals surface area (Å²) in [7, 11) is 3.08. The number of methoxy groups -OCH3 is 1. The van der Waals surface area contributed by atoms with Gasteiger partial charge in [-0.05, 0) is 42.0 Å². The van der Waals surface area contributed by atoms with Crippen molar-refractivity contribution in [3.63, 3.8) is 0 Å². The molecule has 0 aliphatic carbocycles. The number of carbonyl (C=O) groups is 1. The predicted octanol–water partition coefficient (Wildman–Crippen LogP) is 3.76. The van der Waals surface area contributed by atoms with Crippen molar-refractivity contribution in [1.29, 1.82) is 0 Å². The van der Waals surface area contributed by atoms with E-state index in [2.05, 4.69) is 0 Å². The molecule has 0 aromatic heterocycles. The molecular formula is C16H15ClFNO2. The molecule has 0 aliphatic heterocycles. The summed E-state index contributed by atoms with van der Waals surface area (Å²) in [6, 6.07) is 11.3. The summed E-state index contributed by atoms with van der Waals surface area (Å²) >= 11 is 5.79. The maximum Gasteiger partial charge on any atom is 0.253 e. The molecule has 0 heterocycles. The Bertz CT molecular complexity index is 643. The average molecular weight is 308 g/mol. The van der Waals surface area contributed by atoms with E-state index in [0.29, 0.717) is 22.7 Å². The molecule has 110 valence electrons. The first kappa shape index (κ1) is 15.3. The van der Waals surface area contributed by atoms with Gasteiger partial charge in [0.1, 0.15) is 0 Å². The van der Waals surface area contributed by atoms with Crippen LogP contribution in [0.4, 0.5) is 4.39 Å². The summed E-state index contributed by atoms with van der Waals surface area (Å²) in [6.07, 6.45) is 0. The van der Waals surface area contributed by atoms with Crippen LogP contribution in [0.5, 0.6) is 5.75 Å². The second kappa shape index (κ2) is 6.59. The van der Waals surface area contributed by atoms with Crippen LogP contribution in [0.2, 0.25) is 5.02 Å². The lowest BCUT2D eigenvalue weighted by Crippen LogP contribution is -2.26. The van der Waals surface area contributed by atoms with Crippen molar-refractivity contribution in [2.75, 3.05) is 14.2 Å². The van der Waals surface area contributed by atoms with E-state index in [1.54, 1.807) is 43.4 Å². The SMILES string of the molecule is COc1ccc(CN(C)C(=O)c2ccc(Cl)cc2)cc1F. The zero-order valence-electron chi connectivity index (χ0n) is 11.8.